The number of aromatic nitrogens is 3. The van der Waals surface area contributed by atoms with Crippen LogP contribution in [0.25, 0.3) is 10.2 Å². The van der Waals surface area contributed by atoms with Crippen LogP contribution in [0.3, 0.4) is 0 Å². The van der Waals surface area contributed by atoms with Crippen molar-refractivity contribution in [2.75, 3.05) is 5.32 Å². The lowest BCUT2D eigenvalue weighted by Crippen LogP contribution is -2.58. The van der Waals surface area contributed by atoms with Crippen LogP contribution in [0.1, 0.15) is 38.6 Å². The number of thiazole rings is 1. The second-order valence-electron chi connectivity index (χ2n) is 9.89. The third kappa shape index (κ3) is 4.10. The molecule has 2 aromatic heterocycles. The van der Waals surface area contributed by atoms with E-state index in [4.69, 9.17) is 0 Å². The molecule has 2 bridgehead atoms. The number of amides is 1. The van der Waals surface area contributed by atoms with Crippen LogP contribution in [0.4, 0.5) is 5.69 Å². The molecule has 2 unspecified atom stereocenters. The molecular formula is C24H28BrN5O2S. The van der Waals surface area contributed by atoms with Crippen molar-refractivity contribution < 1.29 is 4.79 Å². The molecule has 3 aliphatic carbocycles. The molecule has 33 heavy (non-hydrogen) atoms. The molecule has 0 aliphatic heterocycles. The highest BCUT2D eigenvalue weighted by atomic mass is 79.9. The zero-order valence-corrected chi connectivity index (χ0v) is 21.4. The van der Waals surface area contributed by atoms with Crippen molar-refractivity contribution in [1.29, 1.82) is 0 Å². The lowest BCUT2D eigenvalue weighted by molar-refractivity contribution is -0.122. The fourth-order valence-electron chi connectivity index (χ4n) is 5.58. The number of rotatable bonds is 6. The molecule has 6 rings (SSSR count). The summed E-state index contributed by atoms with van der Waals surface area (Å²) in [7, 11) is 0. The molecule has 0 radical (unpaired) electrons. The first-order valence-corrected chi connectivity index (χ1v) is 13.0. The molecule has 0 saturated heterocycles. The average molecular weight is 530 g/mol. The number of hydrogen-bond acceptors (Lipinski definition) is 6. The van der Waals surface area contributed by atoms with Gasteiger partial charge in [0.25, 0.3) is 5.56 Å². The van der Waals surface area contributed by atoms with E-state index in [-0.39, 0.29) is 18.0 Å². The Labute approximate surface area is 205 Å². The Morgan fingerprint density at radius 3 is 2.82 bits per heavy atom. The van der Waals surface area contributed by atoms with E-state index in [1.54, 1.807) is 17.5 Å². The number of fused-ring (bicyclic) bond motifs is 3. The van der Waals surface area contributed by atoms with Gasteiger partial charge in [-0.15, -0.1) is 11.3 Å². The lowest BCUT2D eigenvalue weighted by atomic mass is 9.45. The minimum atomic E-state index is -0.316. The predicted octanol–water partition coefficient (Wildman–Crippen LogP) is 4.41. The second kappa shape index (κ2) is 8.51. The quantitative estimate of drug-likeness (QED) is 0.493. The van der Waals surface area contributed by atoms with Crippen LogP contribution in [0.15, 0.2) is 39.7 Å². The molecule has 3 aromatic rings. The summed E-state index contributed by atoms with van der Waals surface area (Å²) in [5.74, 6) is 1.69. The Bertz CT molecular complexity index is 1240. The number of hydrogen-bond donors (Lipinski definition) is 2. The van der Waals surface area contributed by atoms with Gasteiger partial charge in [0.2, 0.25) is 5.91 Å². The molecule has 0 spiro atoms. The van der Waals surface area contributed by atoms with Crippen molar-refractivity contribution in [2.24, 2.45) is 23.2 Å². The second-order valence-corrected chi connectivity index (χ2v) is 11.8. The zero-order chi connectivity index (χ0) is 23.3. The van der Waals surface area contributed by atoms with Crippen molar-refractivity contribution in [3.63, 3.8) is 0 Å². The highest BCUT2D eigenvalue weighted by molar-refractivity contribution is 9.10. The molecule has 174 valence electrons. The number of para-hydroxylation sites is 1. The molecule has 2 N–H and O–H groups in total. The topological polar surface area (TPSA) is 88.9 Å². The van der Waals surface area contributed by atoms with E-state index in [0.717, 1.165) is 27.6 Å². The smallest absolute Gasteiger partial charge is 0.283 e. The largest absolute Gasteiger partial charge is 0.380 e. The van der Waals surface area contributed by atoms with Gasteiger partial charge in [-0.05, 0) is 64.1 Å². The minimum Gasteiger partial charge on any atom is -0.380 e. The summed E-state index contributed by atoms with van der Waals surface area (Å²) in [6.07, 6.45) is 4.05. The van der Waals surface area contributed by atoms with E-state index in [2.05, 4.69) is 57.4 Å². The molecule has 3 saturated carbocycles. The maximum atomic E-state index is 12.8. The molecule has 9 heteroatoms. The van der Waals surface area contributed by atoms with Crippen molar-refractivity contribution in [1.82, 2.24) is 20.1 Å². The van der Waals surface area contributed by atoms with E-state index >= 15 is 0 Å². The first-order chi connectivity index (χ1) is 15.7. The Kier molecular flexibility index (Phi) is 5.81. The van der Waals surface area contributed by atoms with E-state index < -0.39 is 0 Å². The van der Waals surface area contributed by atoms with Gasteiger partial charge in [0.1, 0.15) is 16.0 Å². The summed E-state index contributed by atoms with van der Waals surface area (Å²) in [6.45, 7) is 7.24. The van der Waals surface area contributed by atoms with Gasteiger partial charge in [0.15, 0.2) is 0 Å². The molecule has 1 aromatic carbocycles. The fraction of sp³-hybridized carbons (Fsp3) is 0.500. The fourth-order valence-corrected chi connectivity index (χ4v) is 6.91. The maximum absolute atomic E-state index is 12.8. The predicted molar refractivity (Wildman–Crippen MR) is 134 cm³/mol. The first kappa shape index (κ1) is 22.5. The van der Waals surface area contributed by atoms with Gasteiger partial charge in [-0.25, -0.2) is 9.67 Å². The van der Waals surface area contributed by atoms with Crippen molar-refractivity contribution >= 4 is 49.1 Å². The van der Waals surface area contributed by atoms with E-state index in [1.165, 1.54) is 11.1 Å². The van der Waals surface area contributed by atoms with Crippen LogP contribution in [0.2, 0.25) is 0 Å². The summed E-state index contributed by atoms with van der Waals surface area (Å²) >= 11 is 4.98. The van der Waals surface area contributed by atoms with Gasteiger partial charge < -0.3 is 10.6 Å². The summed E-state index contributed by atoms with van der Waals surface area (Å²) in [5, 5.41) is 11.5. The molecule has 1 amide bonds. The number of carbonyl (C=O) groups excluding carboxylic acids is 1. The highest BCUT2D eigenvalue weighted by Gasteiger charge is 2.56. The van der Waals surface area contributed by atoms with Gasteiger partial charge in [-0.3, -0.25) is 9.59 Å². The number of nitrogens with one attached hydrogen (secondary N) is 2. The molecule has 4 atom stereocenters. The number of halogens is 1. The molecule has 3 aliphatic rings. The summed E-state index contributed by atoms with van der Waals surface area (Å²) in [5.41, 5.74) is 1.71. The minimum absolute atomic E-state index is 0.138. The van der Waals surface area contributed by atoms with Gasteiger partial charge in [-0.2, -0.15) is 5.10 Å². The normalized spacial score (nSPS) is 25.5. The first-order valence-electron chi connectivity index (χ1n) is 11.4. The summed E-state index contributed by atoms with van der Waals surface area (Å²) in [4.78, 5) is 29.8. The Balaban J connectivity index is 1.21. The van der Waals surface area contributed by atoms with Crippen LogP contribution in [0, 0.1) is 23.2 Å². The van der Waals surface area contributed by atoms with Crippen LogP contribution >= 0.6 is 27.3 Å². The standard InChI is InChI=1S/C24H28BrN5O2S/c1-13-15-8-14(24(15,2)3)9-17(13)28-18-10-27-30(23(32)22(18)25)12-20(31)26-11-21-29-16-6-4-5-7-19(16)33-21/h4-7,10,13-15,17,28H,8-9,11-12H2,1-3H3,(H,26,31)/t13-,14?,15?,17-/m1/s1. The van der Waals surface area contributed by atoms with E-state index in [0.29, 0.717) is 40.0 Å². The zero-order valence-electron chi connectivity index (χ0n) is 19.0. The third-order valence-corrected chi connectivity index (χ3v) is 9.55. The maximum Gasteiger partial charge on any atom is 0.283 e. The number of nitrogens with zero attached hydrogens (tertiary/aromatic N) is 3. The summed E-state index contributed by atoms with van der Waals surface area (Å²) < 4.78 is 2.69. The molecule has 7 nitrogen and oxygen atoms in total. The van der Waals surface area contributed by atoms with Gasteiger partial charge in [0.05, 0.1) is 28.6 Å². The molecule has 2 heterocycles. The van der Waals surface area contributed by atoms with Crippen LogP contribution in [0.5, 0.6) is 0 Å². The van der Waals surface area contributed by atoms with Crippen molar-refractivity contribution in [3.8, 4) is 0 Å². The van der Waals surface area contributed by atoms with Crippen LogP contribution in [-0.2, 0) is 17.9 Å². The Morgan fingerprint density at radius 2 is 2.09 bits per heavy atom. The van der Waals surface area contributed by atoms with Crippen molar-refractivity contribution in [3.05, 3.63) is 50.3 Å². The lowest BCUT2D eigenvalue weighted by Gasteiger charge is -2.62. The SMILES string of the molecule is C[C@@H]1C2CC(C[C@H]1Nc1cnn(CC(=O)NCc3nc4ccccc4s3)c(=O)c1Br)C2(C)C. The Hall–Kier alpha value is -2.26. The number of anilines is 1. The van der Waals surface area contributed by atoms with E-state index in [9.17, 15) is 9.59 Å². The van der Waals surface area contributed by atoms with Crippen LogP contribution in [-0.4, -0.2) is 26.7 Å². The summed E-state index contributed by atoms with van der Waals surface area (Å²) in [6, 6.07) is 8.19. The Morgan fingerprint density at radius 1 is 1.30 bits per heavy atom. The number of benzene rings is 1. The molecular weight excluding hydrogens is 502 g/mol. The van der Waals surface area contributed by atoms with E-state index in [1.807, 2.05) is 24.3 Å². The highest BCUT2D eigenvalue weighted by Crippen LogP contribution is 2.61. The van der Waals surface area contributed by atoms with Gasteiger partial charge >= 0.3 is 0 Å². The number of carbonyl (C=O) groups is 1. The van der Waals surface area contributed by atoms with Crippen molar-refractivity contribution in [2.45, 2.75) is 52.7 Å². The van der Waals surface area contributed by atoms with Gasteiger partial charge in [-0.1, -0.05) is 32.9 Å². The third-order valence-electron chi connectivity index (χ3n) is 7.75. The monoisotopic (exact) mass is 529 g/mol. The average Bonchev–Trinajstić information content (AvgIpc) is 3.21. The molecule has 3 fully saturated rings. The van der Waals surface area contributed by atoms with Crippen LogP contribution < -0.4 is 16.2 Å². The van der Waals surface area contributed by atoms with Gasteiger partial charge in [0, 0.05) is 6.04 Å².